The number of benzene rings is 2. The number of nitrogens with zero attached hydrogens (tertiary/aromatic N) is 1. The van der Waals surface area contributed by atoms with Crippen LogP contribution >= 0.6 is 15.9 Å². The van der Waals surface area contributed by atoms with Gasteiger partial charge in [-0.05, 0) is 36.4 Å². The summed E-state index contributed by atoms with van der Waals surface area (Å²) in [7, 11) is 0. The van der Waals surface area contributed by atoms with Gasteiger partial charge in [-0.25, -0.2) is 4.39 Å². The lowest BCUT2D eigenvalue weighted by Gasteiger charge is -2.05. The van der Waals surface area contributed by atoms with Crippen molar-refractivity contribution in [1.29, 1.82) is 0 Å². The highest BCUT2D eigenvalue weighted by Gasteiger charge is 2.21. The van der Waals surface area contributed by atoms with Crippen LogP contribution in [0.3, 0.4) is 0 Å². The second-order valence-electron chi connectivity index (χ2n) is 4.71. The Balaban J connectivity index is 2.09. The topological polar surface area (TPSA) is 71.8 Å². The van der Waals surface area contributed by atoms with Crippen molar-refractivity contribution < 1.29 is 9.18 Å². The van der Waals surface area contributed by atoms with E-state index in [4.69, 9.17) is 5.73 Å². The number of nitrogens with two attached hydrogens (primary N) is 1. The summed E-state index contributed by atoms with van der Waals surface area (Å²) in [5.74, 6) is -0.479. The standard InChI is InChI=1S/C16H11BrFN3O/c17-11-3-1-2-10(8-11)15(22)13-14(20-21-16(13)19)9-4-6-12(18)7-5-9/h1-8H,(H3,19,20,21). The van der Waals surface area contributed by atoms with E-state index in [1.165, 1.54) is 12.1 Å². The van der Waals surface area contributed by atoms with Gasteiger partial charge in [-0.3, -0.25) is 9.89 Å². The van der Waals surface area contributed by atoms with Gasteiger partial charge in [0.1, 0.15) is 5.82 Å². The minimum Gasteiger partial charge on any atom is -0.382 e. The minimum atomic E-state index is -0.351. The van der Waals surface area contributed by atoms with E-state index in [0.29, 0.717) is 16.8 Å². The van der Waals surface area contributed by atoms with E-state index in [-0.39, 0.29) is 23.0 Å². The number of ketones is 1. The molecule has 0 atom stereocenters. The van der Waals surface area contributed by atoms with Crippen molar-refractivity contribution in [2.75, 3.05) is 5.73 Å². The molecular weight excluding hydrogens is 349 g/mol. The summed E-state index contributed by atoms with van der Waals surface area (Å²) in [6, 6.07) is 12.8. The number of aromatic amines is 1. The molecule has 110 valence electrons. The fraction of sp³-hybridized carbons (Fsp3) is 0. The zero-order valence-corrected chi connectivity index (χ0v) is 12.9. The Morgan fingerprint density at radius 1 is 1.18 bits per heavy atom. The van der Waals surface area contributed by atoms with E-state index < -0.39 is 0 Å². The molecule has 1 aromatic heterocycles. The highest BCUT2D eigenvalue weighted by molar-refractivity contribution is 9.10. The number of carbonyl (C=O) groups is 1. The van der Waals surface area contributed by atoms with Crippen LogP contribution in [0.5, 0.6) is 0 Å². The first-order valence-electron chi connectivity index (χ1n) is 6.46. The van der Waals surface area contributed by atoms with Gasteiger partial charge in [0.25, 0.3) is 0 Å². The Labute approximate surface area is 134 Å². The van der Waals surface area contributed by atoms with Crippen LogP contribution in [-0.4, -0.2) is 16.0 Å². The van der Waals surface area contributed by atoms with Crippen molar-refractivity contribution in [3.05, 3.63) is 69.9 Å². The van der Waals surface area contributed by atoms with Crippen molar-refractivity contribution in [3.63, 3.8) is 0 Å². The average molecular weight is 360 g/mol. The average Bonchev–Trinajstić information content (AvgIpc) is 2.89. The van der Waals surface area contributed by atoms with Gasteiger partial charge in [0, 0.05) is 15.6 Å². The van der Waals surface area contributed by atoms with E-state index in [2.05, 4.69) is 26.1 Å². The first-order valence-corrected chi connectivity index (χ1v) is 7.25. The van der Waals surface area contributed by atoms with Crippen LogP contribution < -0.4 is 5.73 Å². The van der Waals surface area contributed by atoms with Gasteiger partial charge in [0.2, 0.25) is 0 Å². The number of aromatic nitrogens is 2. The number of H-pyrrole nitrogens is 1. The lowest BCUT2D eigenvalue weighted by atomic mass is 9.99. The third-order valence-corrected chi connectivity index (χ3v) is 3.73. The quantitative estimate of drug-likeness (QED) is 0.698. The van der Waals surface area contributed by atoms with Gasteiger partial charge in [-0.15, -0.1) is 0 Å². The number of carbonyl (C=O) groups excluding carboxylic acids is 1. The molecule has 22 heavy (non-hydrogen) atoms. The number of halogens is 2. The van der Waals surface area contributed by atoms with Gasteiger partial charge in [-0.1, -0.05) is 28.1 Å². The van der Waals surface area contributed by atoms with Crippen LogP contribution in [0, 0.1) is 5.82 Å². The Kier molecular flexibility index (Phi) is 3.77. The molecule has 3 rings (SSSR count). The maximum absolute atomic E-state index is 13.1. The van der Waals surface area contributed by atoms with Gasteiger partial charge >= 0.3 is 0 Å². The van der Waals surface area contributed by atoms with Crippen LogP contribution in [-0.2, 0) is 0 Å². The number of anilines is 1. The van der Waals surface area contributed by atoms with Gasteiger partial charge in [0.05, 0.1) is 11.3 Å². The van der Waals surface area contributed by atoms with Crippen LogP contribution in [0.2, 0.25) is 0 Å². The van der Waals surface area contributed by atoms with Crippen LogP contribution in [0.1, 0.15) is 15.9 Å². The molecular formula is C16H11BrFN3O. The summed E-state index contributed by atoms with van der Waals surface area (Å²) < 4.78 is 13.8. The Morgan fingerprint density at radius 3 is 2.59 bits per heavy atom. The second kappa shape index (κ2) is 5.73. The van der Waals surface area contributed by atoms with Crippen LogP contribution in [0.15, 0.2) is 53.0 Å². The molecule has 0 amide bonds. The molecule has 0 radical (unpaired) electrons. The molecule has 0 saturated heterocycles. The number of nitrogens with one attached hydrogen (secondary N) is 1. The predicted molar refractivity (Wildman–Crippen MR) is 86.0 cm³/mol. The molecule has 6 heteroatoms. The molecule has 0 unspecified atom stereocenters. The monoisotopic (exact) mass is 359 g/mol. The van der Waals surface area contributed by atoms with E-state index in [1.54, 1.807) is 30.3 Å². The molecule has 2 aromatic carbocycles. The number of hydrogen-bond donors (Lipinski definition) is 2. The summed E-state index contributed by atoms with van der Waals surface area (Å²) in [4.78, 5) is 12.7. The third kappa shape index (κ3) is 2.65. The molecule has 0 saturated carbocycles. The van der Waals surface area contributed by atoms with E-state index in [1.807, 2.05) is 6.07 Å². The van der Waals surface area contributed by atoms with Crippen molar-refractivity contribution >= 4 is 27.5 Å². The summed E-state index contributed by atoms with van der Waals surface area (Å²) in [5.41, 5.74) is 7.73. The van der Waals surface area contributed by atoms with Gasteiger partial charge in [0.15, 0.2) is 11.6 Å². The number of nitrogen functional groups attached to an aromatic ring is 1. The summed E-state index contributed by atoms with van der Waals surface area (Å²) in [6.45, 7) is 0. The van der Waals surface area contributed by atoms with Crippen molar-refractivity contribution in [2.24, 2.45) is 0 Å². The van der Waals surface area contributed by atoms with Gasteiger partial charge < -0.3 is 5.73 Å². The largest absolute Gasteiger partial charge is 0.382 e. The van der Waals surface area contributed by atoms with E-state index in [0.717, 1.165) is 4.47 Å². The van der Waals surface area contributed by atoms with Crippen molar-refractivity contribution in [3.8, 4) is 11.3 Å². The first-order chi connectivity index (χ1) is 10.6. The first kappa shape index (κ1) is 14.5. The Morgan fingerprint density at radius 2 is 1.91 bits per heavy atom. The lowest BCUT2D eigenvalue weighted by Crippen LogP contribution is -2.05. The predicted octanol–water partition coefficient (Wildman–Crippen LogP) is 3.79. The molecule has 3 aromatic rings. The summed E-state index contributed by atoms with van der Waals surface area (Å²) in [6.07, 6.45) is 0. The molecule has 0 aliphatic rings. The van der Waals surface area contributed by atoms with Crippen LogP contribution in [0.25, 0.3) is 11.3 Å². The minimum absolute atomic E-state index is 0.115. The highest BCUT2D eigenvalue weighted by Crippen LogP contribution is 2.28. The molecule has 0 aliphatic heterocycles. The molecule has 1 heterocycles. The smallest absolute Gasteiger partial charge is 0.199 e. The molecule has 0 aliphatic carbocycles. The summed E-state index contributed by atoms with van der Waals surface area (Å²) >= 11 is 3.34. The molecule has 0 bridgehead atoms. The summed E-state index contributed by atoms with van der Waals surface area (Å²) in [5, 5.41) is 6.66. The maximum atomic E-state index is 13.1. The highest BCUT2D eigenvalue weighted by atomic mass is 79.9. The Bertz CT molecular complexity index is 843. The van der Waals surface area contributed by atoms with Crippen LogP contribution in [0.4, 0.5) is 10.2 Å². The zero-order chi connectivity index (χ0) is 15.7. The third-order valence-electron chi connectivity index (χ3n) is 3.24. The normalized spacial score (nSPS) is 10.6. The zero-order valence-electron chi connectivity index (χ0n) is 11.3. The Hall–Kier alpha value is -2.47. The second-order valence-corrected chi connectivity index (χ2v) is 5.62. The number of hydrogen-bond acceptors (Lipinski definition) is 3. The molecule has 4 nitrogen and oxygen atoms in total. The van der Waals surface area contributed by atoms with Gasteiger partial charge in [-0.2, -0.15) is 5.10 Å². The molecule has 3 N–H and O–H groups in total. The van der Waals surface area contributed by atoms with Crippen molar-refractivity contribution in [1.82, 2.24) is 10.2 Å². The number of rotatable bonds is 3. The molecule has 0 spiro atoms. The maximum Gasteiger partial charge on any atom is 0.199 e. The van der Waals surface area contributed by atoms with E-state index in [9.17, 15) is 9.18 Å². The fourth-order valence-electron chi connectivity index (χ4n) is 2.19. The fourth-order valence-corrected chi connectivity index (χ4v) is 2.58. The van der Waals surface area contributed by atoms with Crippen molar-refractivity contribution in [2.45, 2.75) is 0 Å². The lowest BCUT2D eigenvalue weighted by molar-refractivity contribution is 0.104. The SMILES string of the molecule is Nc1n[nH]c(-c2ccc(F)cc2)c1C(=O)c1cccc(Br)c1. The molecule has 0 fully saturated rings. The van der Waals surface area contributed by atoms with E-state index >= 15 is 0 Å².